The van der Waals surface area contributed by atoms with Gasteiger partial charge in [-0.2, -0.15) is 0 Å². The van der Waals surface area contributed by atoms with Crippen LogP contribution in [-0.4, -0.2) is 59.9 Å². The third-order valence-electron chi connectivity index (χ3n) is 13.4. The lowest BCUT2D eigenvalue weighted by molar-refractivity contribution is -0.161. The monoisotopic (exact) mass is 988 g/mol. The molecule has 11 nitrogen and oxygen atoms in total. The molecule has 4 N–H and O–H groups in total. The Morgan fingerprint density at radius 2 is 0.647 bits per heavy atom. The second-order valence-electron chi connectivity index (χ2n) is 20.1. The number of aliphatic carboxylic acids is 1. The molecule has 404 valence electrons. The minimum atomic E-state index is -4.72. The molecule has 3 atom stereocenters. The van der Waals surface area contributed by atoms with Gasteiger partial charge in [-0.25, -0.2) is 4.57 Å². The number of carboxylic acid groups (broad SMARTS) is 1. The number of unbranched alkanes of at least 4 members (excludes halogenated alkanes) is 42. The highest BCUT2D eigenvalue weighted by Gasteiger charge is 2.28. The number of hydrogen-bond donors (Lipinski definition) is 3. The van der Waals surface area contributed by atoms with Crippen LogP contribution in [0, 0.1) is 0 Å². The zero-order chi connectivity index (χ0) is 49.9. The molecule has 0 amide bonds. The SMILES string of the molecule is CCCCCCCCCCCCCCCCCCCCCCCCC(=O)OCC(COP(=O)(O)OCC(N)C(=O)O)OC(=O)CCCCCCCCCCCCCCCCCCCCCCCC. The number of carbonyl (C=O) groups is 3. The van der Waals surface area contributed by atoms with Crippen molar-refractivity contribution in [1.82, 2.24) is 0 Å². The summed E-state index contributed by atoms with van der Waals surface area (Å²) < 4.78 is 33.0. The Hall–Kier alpha value is -1.52. The van der Waals surface area contributed by atoms with Crippen molar-refractivity contribution in [3.63, 3.8) is 0 Å². The van der Waals surface area contributed by atoms with E-state index in [-0.39, 0.29) is 19.4 Å². The van der Waals surface area contributed by atoms with Gasteiger partial charge in [-0.15, -0.1) is 0 Å². The van der Waals surface area contributed by atoms with E-state index in [9.17, 15) is 23.8 Å². The number of ether oxygens (including phenoxy) is 2. The van der Waals surface area contributed by atoms with Crippen molar-refractivity contribution in [2.45, 2.75) is 321 Å². The van der Waals surface area contributed by atoms with Gasteiger partial charge in [0.1, 0.15) is 12.6 Å². The van der Waals surface area contributed by atoms with Crippen LogP contribution in [0.4, 0.5) is 0 Å². The lowest BCUT2D eigenvalue weighted by Crippen LogP contribution is -2.34. The van der Waals surface area contributed by atoms with Crippen molar-refractivity contribution in [1.29, 1.82) is 0 Å². The quantitative estimate of drug-likeness (QED) is 0.0301. The maximum Gasteiger partial charge on any atom is 0.472 e. The van der Waals surface area contributed by atoms with Crippen LogP contribution >= 0.6 is 7.82 Å². The van der Waals surface area contributed by atoms with E-state index < -0.39 is 51.1 Å². The lowest BCUT2D eigenvalue weighted by Gasteiger charge is -2.20. The van der Waals surface area contributed by atoms with E-state index in [0.717, 1.165) is 38.5 Å². The smallest absolute Gasteiger partial charge is 0.472 e. The van der Waals surface area contributed by atoms with Crippen molar-refractivity contribution in [2.75, 3.05) is 19.8 Å². The van der Waals surface area contributed by atoms with Crippen LogP contribution in [0.25, 0.3) is 0 Å². The molecule has 68 heavy (non-hydrogen) atoms. The van der Waals surface area contributed by atoms with Gasteiger partial charge in [0.2, 0.25) is 0 Å². The molecule has 3 unspecified atom stereocenters. The molecule has 0 aromatic carbocycles. The van der Waals surface area contributed by atoms with Gasteiger partial charge in [0.25, 0.3) is 0 Å². The topological polar surface area (TPSA) is 172 Å². The van der Waals surface area contributed by atoms with Crippen LogP contribution in [0.3, 0.4) is 0 Å². The van der Waals surface area contributed by atoms with Gasteiger partial charge in [0.05, 0.1) is 13.2 Å². The van der Waals surface area contributed by atoms with Crippen LogP contribution < -0.4 is 5.73 Å². The molecule has 0 fully saturated rings. The van der Waals surface area contributed by atoms with Crippen LogP contribution in [0.5, 0.6) is 0 Å². The molecular weight excluding hydrogens is 878 g/mol. The molecule has 0 radical (unpaired) electrons. The van der Waals surface area contributed by atoms with E-state index in [2.05, 4.69) is 13.8 Å². The van der Waals surface area contributed by atoms with E-state index in [1.807, 2.05) is 0 Å². The number of rotatable bonds is 56. The molecule has 0 saturated carbocycles. The lowest BCUT2D eigenvalue weighted by atomic mass is 10.0. The molecule has 0 bridgehead atoms. The zero-order valence-electron chi connectivity index (χ0n) is 44.5. The number of nitrogens with two attached hydrogens (primary N) is 1. The summed E-state index contributed by atoms with van der Waals surface area (Å²) in [6.07, 6.45) is 56.0. The minimum absolute atomic E-state index is 0.170. The molecule has 0 aromatic rings. The van der Waals surface area contributed by atoms with E-state index in [1.54, 1.807) is 0 Å². The Bertz CT molecular complexity index is 1160. The highest BCUT2D eigenvalue weighted by atomic mass is 31.2. The van der Waals surface area contributed by atoms with E-state index in [1.165, 1.54) is 231 Å². The Morgan fingerprint density at radius 3 is 0.926 bits per heavy atom. The second kappa shape index (κ2) is 51.8. The fraction of sp³-hybridized carbons (Fsp3) is 0.946. The number of carboxylic acids is 1. The van der Waals surface area contributed by atoms with Crippen LogP contribution in [-0.2, 0) is 37.5 Å². The van der Waals surface area contributed by atoms with Crippen molar-refractivity contribution < 1.29 is 47.5 Å². The molecule has 0 aliphatic heterocycles. The Balaban J connectivity index is 4.10. The van der Waals surface area contributed by atoms with E-state index in [0.29, 0.717) is 12.8 Å². The molecule has 0 spiro atoms. The van der Waals surface area contributed by atoms with E-state index in [4.69, 9.17) is 29.4 Å². The average molecular weight is 988 g/mol. The number of carbonyl (C=O) groups excluding carboxylic acids is 2. The Morgan fingerprint density at radius 1 is 0.397 bits per heavy atom. The minimum Gasteiger partial charge on any atom is -0.480 e. The van der Waals surface area contributed by atoms with E-state index >= 15 is 0 Å². The highest BCUT2D eigenvalue weighted by molar-refractivity contribution is 7.47. The van der Waals surface area contributed by atoms with Gasteiger partial charge in [-0.1, -0.05) is 284 Å². The molecule has 0 saturated heterocycles. The summed E-state index contributed by atoms with van der Waals surface area (Å²) in [4.78, 5) is 46.3. The molecule has 12 heteroatoms. The number of esters is 2. The molecule has 0 rings (SSSR count). The summed E-state index contributed by atoms with van der Waals surface area (Å²) in [5, 5.41) is 8.94. The van der Waals surface area contributed by atoms with Crippen LogP contribution in [0.15, 0.2) is 0 Å². The maximum atomic E-state index is 12.7. The molecule has 0 aliphatic carbocycles. The normalized spacial score (nSPS) is 13.4. The Labute approximate surface area is 418 Å². The molecule has 0 heterocycles. The molecule has 0 aromatic heterocycles. The predicted octanol–water partition coefficient (Wildman–Crippen LogP) is 17.0. The van der Waals surface area contributed by atoms with Crippen molar-refractivity contribution in [2.24, 2.45) is 5.73 Å². The van der Waals surface area contributed by atoms with Crippen molar-refractivity contribution >= 4 is 25.7 Å². The summed E-state index contributed by atoms with van der Waals surface area (Å²) in [6, 6.07) is -1.52. The molecular formula is C56H110NO10P. The Kier molecular flexibility index (Phi) is 50.7. The fourth-order valence-electron chi connectivity index (χ4n) is 8.84. The first-order valence-corrected chi connectivity index (χ1v) is 30.6. The van der Waals surface area contributed by atoms with Gasteiger partial charge in [0.15, 0.2) is 6.10 Å². The largest absolute Gasteiger partial charge is 0.480 e. The van der Waals surface area contributed by atoms with Crippen molar-refractivity contribution in [3.05, 3.63) is 0 Å². The first-order valence-electron chi connectivity index (χ1n) is 29.1. The van der Waals surface area contributed by atoms with Crippen LogP contribution in [0.1, 0.15) is 309 Å². The summed E-state index contributed by atoms with van der Waals surface area (Å²) in [7, 11) is -4.72. The highest BCUT2D eigenvalue weighted by Crippen LogP contribution is 2.43. The number of hydrogen-bond acceptors (Lipinski definition) is 9. The zero-order valence-corrected chi connectivity index (χ0v) is 45.4. The second-order valence-corrected chi connectivity index (χ2v) is 21.6. The standard InChI is InChI=1S/C56H110NO10P/c1-3-5-7-9-11-13-15-17-19-21-23-25-27-29-31-33-35-37-39-41-43-45-47-54(58)64-49-52(50-65-68(62,63)66-51-53(57)56(60)61)67-55(59)48-46-44-42-40-38-36-34-32-30-28-26-24-22-20-18-16-14-12-10-8-6-4-2/h52-53H,3-51,57H2,1-2H3,(H,60,61)(H,62,63). The third-order valence-corrected chi connectivity index (χ3v) is 14.3. The summed E-state index contributed by atoms with van der Waals surface area (Å²) in [5.41, 5.74) is 5.37. The summed E-state index contributed by atoms with van der Waals surface area (Å²) in [5.74, 6) is -2.34. The van der Waals surface area contributed by atoms with Gasteiger partial charge in [-0.05, 0) is 12.8 Å². The van der Waals surface area contributed by atoms with Gasteiger partial charge >= 0.3 is 25.7 Å². The predicted molar refractivity (Wildman–Crippen MR) is 282 cm³/mol. The van der Waals surface area contributed by atoms with Gasteiger partial charge in [-0.3, -0.25) is 23.4 Å². The van der Waals surface area contributed by atoms with Gasteiger partial charge in [0, 0.05) is 12.8 Å². The van der Waals surface area contributed by atoms with Crippen molar-refractivity contribution in [3.8, 4) is 0 Å². The number of phosphoric acid groups is 1. The third kappa shape index (κ3) is 50.9. The maximum absolute atomic E-state index is 12.7. The average Bonchev–Trinajstić information content (AvgIpc) is 3.32. The fourth-order valence-corrected chi connectivity index (χ4v) is 9.61. The first-order chi connectivity index (χ1) is 33.1. The summed E-state index contributed by atoms with van der Waals surface area (Å²) in [6.45, 7) is 2.89. The van der Waals surface area contributed by atoms with Crippen LogP contribution in [0.2, 0.25) is 0 Å². The van der Waals surface area contributed by atoms with Gasteiger partial charge < -0.3 is 25.2 Å². The number of phosphoric ester groups is 1. The molecule has 0 aliphatic rings. The summed E-state index contributed by atoms with van der Waals surface area (Å²) >= 11 is 0. The first kappa shape index (κ1) is 66.5.